The highest BCUT2D eigenvalue weighted by Gasteiger charge is 2.24. The van der Waals surface area contributed by atoms with Gasteiger partial charge in [0.15, 0.2) is 0 Å². The molecule has 0 aliphatic rings. The minimum absolute atomic E-state index is 0.369. The Balaban J connectivity index is 2.29. The largest absolute Gasteiger partial charge is 0.368 e. The fourth-order valence-corrected chi connectivity index (χ4v) is 1.96. The molecule has 1 aromatic heterocycles. The Hall–Kier alpha value is -1.88. The van der Waals surface area contributed by atoms with E-state index in [-0.39, 0.29) is 5.91 Å². The number of hydrogen-bond acceptors (Lipinski definition) is 3. The zero-order chi connectivity index (χ0) is 14.0. The zero-order valence-electron chi connectivity index (χ0n) is 11.6. The Morgan fingerprint density at radius 2 is 2.11 bits per heavy atom. The summed E-state index contributed by atoms with van der Waals surface area (Å²) in [5.74, 6) is -0.369. The average molecular weight is 260 g/mol. The smallest absolute Gasteiger partial charge is 0.237 e. The van der Waals surface area contributed by atoms with Crippen molar-refractivity contribution in [3.05, 3.63) is 30.0 Å². The summed E-state index contributed by atoms with van der Waals surface area (Å²) < 4.78 is 1.96. The lowest BCUT2D eigenvalue weighted by Crippen LogP contribution is -2.50. The highest BCUT2D eigenvalue weighted by molar-refractivity contribution is 5.84. The molecule has 0 bridgehead atoms. The number of nitrogens with one attached hydrogen (secondary N) is 1. The van der Waals surface area contributed by atoms with Gasteiger partial charge in [-0.15, -0.1) is 0 Å². The van der Waals surface area contributed by atoms with Gasteiger partial charge in [0.25, 0.3) is 0 Å². The van der Waals surface area contributed by atoms with Crippen LogP contribution in [-0.4, -0.2) is 21.2 Å². The predicted octanol–water partition coefficient (Wildman–Crippen LogP) is 1.41. The van der Waals surface area contributed by atoms with E-state index in [2.05, 4.69) is 23.4 Å². The topological polar surface area (TPSA) is 72.9 Å². The van der Waals surface area contributed by atoms with Gasteiger partial charge in [0.05, 0.1) is 16.7 Å². The van der Waals surface area contributed by atoms with Crippen LogP contribution in [0.4, 0.5) is 0 Å². The highest BCUT2D eigenvalue weighted by Crippen LogP contribution is 2.18. The number of hydrogen-bond donors (Lipinski definition) is 2. The number of nitrogens with zero attached hydrogens (tertiary/aromatic N) is 2. The van der Waals surface area contributed by atoms with Gasteiger partial charge in [-0.2, -0.15) is 5.10 Å². The van der Waals surface area contributed by atoms with Gasteiger partial charge in [-0.25, -0.2) is 0 Å². The Labute approximate surface area is 112 Å². The third-order valence-electron chi connectivity index (χ3n) is 3.35. The lowest BCUT2D eigenvalue weighted by molar-refractivity contribution is -0.123. The number of carbonyl (C=O) groups is 1. The second-order valence-corrected chi connectivity index (χ2v) is 5.12. The molecule has 0 saturated heterocycles. The molecule has 0 saturated carbocycles. The van der Waals surface area contributed by atoms with E-state index < -0.39 is 5.54 Å². The first kappa shape index (κ1) is 13.5. The molecule has 1 heterocycles. The normalized spacial score (nSPS) is 11.9. The van der Waals surface area contributed by atoms with Crippen molar-refractivity contribution in [3.8, 4) is 0 Å². The fraction of sp³-hybridized carbons (Fsp3) is 0.429. The van der Waals surface area contributed by atoms with E-state index in [1.165, 1.54) is 0 Å². The molecule has 102 valence electrons. The van der Waals surface area contributed by atoms with Crippen molar-refractivity contribution >= 4 is 16.8 Å². The van der Waals surface area contributed by atoms with Crippen molar-refractivity contribution in [1.82, 2.24) is 15.1 Å². The first-order chi connectivity index (χ1) is 8.95. The summed E-state index contributed by atoms with van der Waals surface area (Å²) in [4.78, 5) is 11.3. The molecule has 2 aromatic rings. The number of aromatic nitrogens is 2. The molecular weight excluding hydrogens is 240 g/mol. The van der Waals surface area contributed by atoms with Crippen LogP contribution in [0.25, 0.3) is 10.9 Å². The number of nitrogens with two attached hydrogens (primary N) is 1. The van der Waals surface area contributed by atoms with Crippen LogP contribution in [0.15, 0.2) is 24.3 Å². The quantitative estimate of drug-likeness (QED) is 0.853. The third-order valence-corrected chi connectivity index (χ3v) is 3.35. The monoisotopic (exact) mass is 260 g/mol. The van der Waals surface area contributed by atoms with E-state index in [0.29, 0.717) is 6.54 Å². The van der Waals surface area contributed by atoms with E-state index >= 15 is 0 Å². The van der Waals surface area contributed by atoms with Crippen molar-refractivity contribution in [3.63, 3.8) is 0 Å². The number of rotatable bonds is 5. The number of primary amides is 1. The van der Waals surface area contributed by atoms with E-state index in [1.807, 2.05) is 22.9 Å². The maximum Gasteiger partial charge on any atom is 0.237 e. The van der Waals surface area contributed by atoms with Crippen LogP contribution in [0.5, 0.6) is 0 Å². The Bertz CT molecular complexity index is 601. The number of benzene rings is 1. The van der Waals surface area contributed by atoms with Crippen molar-refractivity contribution in [2.45, 2.75) is 39.4 Å². The van der Waals surface area contributed by atoms with Gasteiger partial charge in [-0.05, 0) is 26.8 Å². The SMILES string of the molecule is CCn1nc(CNC(C)(C)C(N)=O)c2ccccc21. The second kappa shape index (κ2) is 5.01. The van der Waals surface area contributed by atoms with Gasteiger partial charge < -0.3 is 5.73 Å². The molecule has 0 aliphatic heterocycles. The molecule has 1 amide bonds. The maximum atomic E-state index is 11.3. The van der Waals surface area contributed by atoms with Crippen LogP contribution >= 0.6 is 0 Å². The molecule has 0 atom stereocenters. The van der Waals surface area contributed by atoms with Crippen molar-refractivity contribution < 1.29 is 4.79 Å². The highest BCUT2D eigenvalue weighted by atomic mass is 16.1. The molecule has 3 N–H and O–H groups in total. The van der Waals surface area contributed by atoms with Gasteiger partial charge in [0, 0.05) is 18.5 Å². The Morgan fingerprint density at radius 3 is 2.74 bits per heavy atom. The molecule has 0 unspecified atom stereocenters. The summed E-state index contributed by atoms with van der Waals surface area (Å²) in [6.45, 7) is 6.94. The van der Waals surface area contributed by atoms with Crippen LogP contribution in [0, 0.1) is 0 Å². The minimum Gasteiger partial charge on any atom is -0.368 e. The average Bonchev–Trinajstić information content (AvgIpc) is 2.74. The number of amides is 1. The molecule has 1 aromatic carbocycles. The van der Waals surface area contributed by atoms with Gasteiger partial charge in [-0.1, -0.05) is 18.2 Å². The lowest BCUT2D eigenvalue weighted by atomic mass is 10.0. The molecule has 0 fully saturated rings. The molecule has 5 nitrogen and oxygen atoms in total. The van der Waals surface area contributed by atoms with Gasteiger partial charge >= 0.3 is 0 Å². The summed E-state index contributed by atoms with van der Waals surface area (Å²) in [7, 11) is 0. The van der Waals surface area contributed by atoms with Crippen molar-refractivity contribution in [2.24, 2.45) is 5.73 Å². The van der Waals surface area contributed by atoms with E-state index in [1.54, 1.807) is 13.8 Å². The number of fused-ring (bicyclic) bond motifs is 1. The number of carbonyl (C=O) groups excluding carboxylic acids is 1. The minimum atomic E-state index is -0.739. The zero-order valence-corrected chi connectivity index (χ0v) is 11.6. The second-order valence-electron chi connectivity index (χ2n) is 5.12. The fourth-order valence-electron chi connectivity index (χ4n) is 1.96. The standard InChI is InChI=1S/C14H20N4O/c1-4-18-12-8-6-5-7-10(12)11(17-18)9-16-14(2,3)13(15)19/h5-8,16H,4,9H2,1-3H3,(H2,15,19). The lowest BCUT2D eigenvalue weighted by Gasteiger charge is -2.21. The number of aryl methyl sites for hydroxylation is 1. The molecule has 0 aliphatic carbocycles. The maximum absolute atomic E-state index is 11.3. The molecule has 0 radical (unpaired) electrons. The van der Waals surface area contributed by atoms with Crippen LogP contribution in [0.1, 0.15) is 26.5 Å². The molecule has 2 rings (SSSR count). The molecule has 19 heavy (non-hydrogen) atoms. The van der Waals surface area contributed by atoms with E-state index in [0.717, 1.165) is 23.1 Å². The Morgan fingerprint density at radius 1 is 1.42 bits per heavy atom. The molecule has 0 spiro atoms. The first-order valence-corrected chi connectivity index (χ1v) is 6.45. The molecule has 5 heteroatoms. The summed E-state index contributed by atoms with van der Waals surface area (Å²) in [5.41, 5.74) is 6.66. The van der Waals surface area contributed by atoms with Crippen molar-refractivity contribution in [1.29, 1.82) is 0 Å². The van der Waals surface area contributed by atoms with Crippen LogP contribution < -0.4 is 11.1 Å². The van der Waals surface area contributed by atoms with Crippen LogP contribution in [0.2, 0.25) is 0 Å². The summed E-state index contributed by atoms with van der Waals surface area (Å²) in [6.07, 6.45) is 0. The van der Waals surface area contributed by atoms with Crippen LogP contribution in [-0.2, 0) is 17.9 Å². The Kier molecular flexibility index (Phi) is 3.57. The first-order valence-electron chi connectivity index (χ1n) is 6.45. The number of para-hydroxylation sites is 1. The summed E-state index contributed by atoms with van der Waals surface area (Å²) in [6, 6.07) is 8.09. The molecular formula is C14H20N4O. The third kappa shape index (κ3) is 2.61. The van der Waals surface area contributed by atoms with Gasteiger partial charge in [0.1, 0.15) is 0 Å². The van der Waals surface area contributed by atoms with E-state index in [9.17, 15) is 4.79 Å². The summed E-state index contributed by atoms with van der Waals surface area (Å²) >= 11 is 0. The van der Waals surface area contributed by atoms with Crippen LogP contribution in [0.3, 0.4) is 0 Å². The predicted molar refractivity (Wildman–Crippen MR) is 75.5 cm³/mol. The van der Waals surface area contributed by atoms with Gasteiger partial charge in [-0.3, -0.25) is 14.8 Å². The van der Waals surface area contributed by atoms with E-state index in [4.69, 9.17) is 5.73 Å². The van der Waals surface area contributed by atoms with Gasteiger partial charge in [0.2, 0.25) is 5.91 Å². The summed E-state index contributed by atoms with van der Waals surface area (Å²) in [5, 5.41) is 8.83. The van der Waals surface area contributed by atoms with Crippen molar-refractivity contribution in [2.75, 3.05) is 0 Å².